The van der Waals surface area contributed by atoms with Crippen molar-refractivity contribution in [1.29, 1.82) is 0 Å². The molecule has 3 N–H and O–H groups in total. The Bertz CT molecular complexity index is 543. The number of aromatic nitrogens is 2. The number of amides is 1. The molecule has 0 atom stereocenters. The number of nitrogens with zero attached hydrogens (tertiary/aromatic N) is 2. The second kappa shape index (κ2) is 5.24. The van der Waals surface area contributed by atoms with Crippen LogP contribution in [-0.2, 0) is 6.54 Å². The van der Waals surface area contributed by atoms with Gasteiger partial charge < -0.3 is 11.1 Å². The zero-order valence-electron chi connectivity index (χ0n) is 8.68. The number of anilines is 1. The Kier molecular flexibility index (Phi) is 3.70. The summed E-state index contributed by atoms with van der Waals surface area (Å²) in [6, 6.07) is 1.95. The second-order valence-corrected chi connectivity index (χ2v) is 5.15. The van der Waals surface area contributed by atoms with Gasteiger partial charge in [0.05, 0.1) is 18.9 Å². The maximum Gasteiger partial charge on any atom is 0.271 e. The number of hydrogen-bond donors (Lipinski definition) is 2. The Labute approximate surface area is 110 Å². The van der Waals surface area contributed by atoms with Crippen molar-refractivity contribution in [3.63, 3.8) is 0 Å². The van der Waals surface area contributed by atoms with Gasteiger partial charge in [-0.05, 0) is 22.0 Å². The average molecular weight is 313 g/mol. The van der Waals surface area contributed by atoms with Gasteiger partial charge >= 0.3 is 0 Å². The number of carbonyl (C=O) groups is 1. The van der Waals surface area contributed by atoms with Gasteiger partial charge in [-0.25, -0.2) is 4.98 Å². The standard InChI is InChI=1S/C10H9BrN4OS/c11-6-1-7(17-5-6)2-14-10(16)8-3-13-4-9(12)15-8/h1,3-5H,2H2,(H2,12,15)(H,14,16). The van der Waals surface area contributed by atoms with E-state index in [9.17, 15) is 4.79 Å². The normalized spacial score (nSPS) is 10.2. The molecule has 0 spiro atoms. The van der Waals surface area contributed by atoms with Crippen LogP contribution in [0.1, 0.15) is 15.4 Å². The summed E-state index contributed by atoms with van der Waals surface area (Å²) >= 11 is 4.92. The van der Waals surface area contributed by atoms with Crippen LogP contribution < -0.4 is 11.1 Å². The molecule has 0 aliphatic carbocycles. The number of nitrogen functional groups attached to an aromatic ring is 1. The highest BCUT2D eigenvalue weighted by atomic mass is 79.9. The molecule has 0 aliphatic rings. The van der Waals surface area contributed by atoms with Crippen molar-refractivity contribution in [2.75, 3.05) is 5.73 Å². The summed E-state index contributed by atoms with van der Waals surface area (Å²) in [7, 11) is 0. The van der Waals surface area contributed by atoms with Crippen molar-refractivity contribution in [1.82, 2.24) is 15.3 Å². The predicted octanol–water partition coefficient (Wildman–Crippen LogP) is 1.81. The Morgan fingerprint density at radius 1 is 1.53 bits per heavy atom. The number of halogens is 1. The van der Waals surface area contributed by atoms with E-state index in [1.165, 1.54) is 12.4 Å². The van der Waals surface area contributed by atoms with E-state index in [0.717, 1.165) is 9.35 Å². The van der Waals surface area contributed by atoms with Crippen LogP contribution in [-0.4, -0.2) is 15.9 Å². The van der Waals surface area contributed by atoms with Crippen molar-refractivity contribution in [3.8, 4) is 0 Å². The van der Waals surface area contributed by atoms with E-state index in [0.29, 0.717) is 6.54 Å². The van der Waals surface area contributed by atoms with E-state index in [4.69, 9.17) is 5.73 Å². The van der Waals surface area contributed by atoms with Crippen LogP contribution in [0.25, 0.3) is 0 Å². The molecule has 0 saturated heterocycles. The minimum atomic E-state index is -0.283. The van der Waals surface area contributed by atoms with Gasteiger partial charge in [-0.1, -0.05) is 0 Å². The van der Waals surface area contributed by atoms with Gasteiger partial charge in [-0.15, -0.1) is 11.3 Å². The highest BCUT2D eigenvalue weighted by molar-refractivity contribution is 9.10. The molecule has 2 heterocycles. The number of nitrogens with two attached hydrogens (primary N) is 1. The number of nitrogens with one attached hydrogen (secondary N) is 1. The summed E-state index contributed by atoms with van der Waals surface area (Å²) in [4.78, 5) is 20.5. The molecule has 5 nitrogen and oxygen atoms in total. The molecule has 2 aromatic heterocycles. The summed E-state index contributed by atoms with van der Waals surface area (Å²) < 4.78 is 1.01. The zero-order valence-corrected chi connectivity index (χ0v) is 11.1. The van der Waals surface area contributed by atoms with Gasteiger partial charge in [0.15, 0.2) is 0 Å². The molecule has 0 unspecified atom stereocenters. The topological polar surface area (TPSA) is 80.9 Å². The zero-order chi connectivity index (χ0) is 12.3. The molecule has 0 radical (unpaired) electrons. The van der Waals surface area contributed by atoms with E-state index in [1.807, 2.05) is 11.4 Å². The monoisotopic (exact) mass is 312 g/mol. The van der Waals surface area contributed by atoms with Gasteiger partial charge in [0.1, 0.15) is 11.5 Å². The summed E-state index contributed by atoms with van der Waals surface area (Å²) in [5, 5.41) is 4.71. The Balaban J connectivity index is 1.98. The Hall–Kier alpha value is -1.47. The van der Waals surface area contributed by atoms with Crippen LogP contribution in [0.15, 0.2) is 28.3 Å². The lowest BCUT2D eigenvalue weighted by Gasteiger charge is -2.02. The van der Waals surface area contributed by atoms with E-state index >= 15 is 0 Å². The van der Waals surface area contributed by atoms with Crippen LogP contribution in [0.5, 0.6) is 0 Å². The van der Waals surface area contributed by atoms with Crippen LogP contribution in [0.3, 0.4) is 0 Å². The predicted molar refractivity (Wildman–Crippen MR) is 69.6 cm³/mol. The highest BCUT2D eigenvalue weighted by Crippen LogP contribution is 2.19. The lowest BCUT2D eigenvalue weighted by Crippen LogP contribution is -2.23. The number of rotatable bonds is 3. The van der Waals surface area contributed by atoms with Gasteiger partial charge in [0.25, 0.3) is 5.91 Å². The van der Waals surface area contributed by atoms with E-state index < -0.39 is 0 Å². The molecule has 17 heavy (non-hydrogen) atoms. The first kappa shape index (κ1) is 12.0. The lowest BCUT2D eigenvalue weighted by atomic mass is 10.4. The first-order valence-electron chi connectivity index (χ1n) is 4.74. The summed E-state index contributed by atoms with van der Waals surface area (Å²) in [6.07, 6.45) is 2.78. The molecule has 2 aromatic rings. The third-order valence-electron chi connectivity index (χ3n) is 1.93. The number of hydrogen-bond acceptors (Lipinski definition) is 5. The SMILES string of the molecule is Nc1cncc(C(=O)NCc2cc(Br)cs2)n1. The fourth-order valence-corrected chi connectivity index (χ4v) is 2.59. The molecule has 0 fully saturated rings. The molecule has 0 aliphatic heterocycles. The van der Waals surface area contributed by atoms with E-state index in [-0.39, 0.29) is 17.4 Å². The van der Waals surface area contributed by atoms with Crippen LogP contribution in [0, 0.1) is 0 Å². The molecule has 0 bridgehead atoms. The maximum absolute atomic E-state index is 11.7. The molecule has 88 valence electrons. The molecular formula is C10H9BrN4OS. The third-order valence-corrected chi connectivity index (χ3v) is 3.63. The molecule has 2 rings (SSSR count). The second-order valence-electron chi connectivity index (χ2n) is 3.24. The molecule has 0 aromatic carbocycles. The van der Waals surface area contributed by atoms with Gasteiger partial charge in [-0.3, -0.25) is 9.78 Å². The van der Waals surface area contributed by atoms with Crippen LogP contribution in [0.2, 0.25) is 0 Å². The first-order chi connectivity index (χ1) is 8.15. The van der Waals surface area contributed by atoms with Crippen molar-refractivity contribution >= 4 is 39.0 Å². The fourth-order valence-electron chi connectivity index (χ4n) is 1.19. The molecule has 1 amide bonds. The van der Waals surface area contributed by atoms with Crippen molar-refractivity contribution in [3.05, 3.63) is 38.9 Å². The number of thiophene rings is 1. The van der Waals surface area contributed by atoms with Gasteiger partial charge in [0.2, 0.25) is 0 Å². The summed E-state index contributed by atoms with van der Waals surface area (Å²) in [5.41, 5.74) is 5.67. The average Bonchev–Trinajstić information content (AvgIpc) is 2.72. The largest absolute Gasteiger partial charge is 0.382 e. The van der Waals surface area contributed by atoms with Crippen molar-refractivity contribution in [2.45, 2.75) is 6.54 Å². The molecule has 7 heteroatoms. The minimum Gasteiger partial charge on any atom is -0.382 e. The highest BCUT2D eigenvalue weighted by Gasteiger charge is 2.08. The molecular weight excluding hydrogens is 304 g/mol. The van der Waals surface area contributed by atoms with Crippen molar-refractivity contribution in [2.24, 2.45) is 0 Å². The van der Waals surface area contributed by atoms with Crippen LogP contribution >= 0.6 is 27.3 Å². The smallest absolute Gasteiger partial charge is 0.271 e. The first-order valence-corrected chi connectivity index (χ1v) is 6.41. The minimum absolute atomic E-state index is 0.223. The Morgan fingerprint density at radius 3 is 3.00 bits per heavy atom. The van der Waals surface area contributed by atoms with Gasteiger partial charge in [-0.2, -0.15) is 0 Å². The quantitative estimate of drug-likeness (QED) is 0.905. The van der Waals surface area contributed by atoms with Crippen LogP contribution in [0.4, 0.5) is 5.82 Å². The third kappa shape index (κ3) is 3.24. The fraction of sp³-hybridized carbons (Fsp3) is 0.100. The maximum atomic E-state index is 11.7. The summed E-state index contributed by atoms with van der Waals surface area (Å²) in [6.45, 7) is 0.464. The van der Waals surface area contributed by atoms with Gasteiger partial charge in [0, 0.05) is 14.7 Å². The summed E-state index contributed by atoms with van der Waals surface area (Å²) in [5.74, 6) is -0.0501. The molecule has 0 saturated carbocycles. The number of carbonyl (C=O) groups excluding carboxylic acids is 1. The van der Waals surface area contributed by atoms with E-state index in [1.54, 1.807) is 11.3 Å². The lowest BCUT2D eigenvalue weighted by molar-refractivity contribution is 0.0946. The Morgan fingerprint density at radius 2 is 2.35 bits per heavy atom. The van der Waals surface area contributed by atoms with Crippen molar-refractivity contribution < 1.29 is 4.79 Å². The van der Waals surface area contributed by atoms with E-state index in [2.05, 4.69) is 31.2 Å².